The summed E-state index contributed by atoms with van der Waals surface area (Å²) < 4.78 is 12.2. The minimum absolute atomic E-state index is 0.160. The molecule has 2 aromatic rings. The second kappa shape index (κ2) is 9.25. The van der Waals surface area contributed by atoms with Crippen LogP contribution in [0.15, 0.2) is 30.5 Å². The summed E-state index contributed by atoms with van der Waals surface area (Å²) in [7, 11) is 0. The average Bonchev–Trinajstić information content (AvgIpc) is 2.92. The Bertz CT molecular complexity index is 639. The minimum atomic E-state index is -0.341. The summed E-state index contributed by atoms with van der Waals surface area (Å²) >= 11 is 4.05. The normalized spacial score (nSPS) is 10.0. The number of rotatable bonds is 5. The average molecular weight is 336 g/mol. The molecule has 0 amide bonds. The van der Waals surface area contributed by atoms with E-state index in [-0.39, 0.29) is 18.7 Å². The number of nitrogens with zero attached hydrogens (tertiary/aromatic N) is 2. The van der Waals surface area contributed by atoms with E-state index in [1.807, 2.05) is 46.8 Å². The lowest BCUT2D eigenvalue weighted by atomic mass is 10.0. The minimum Gasteiger partial charge on any atom is -0.472 e. The number of ether oxygens (including phenoxy) is 2. The lowest BCUT2D eigenvalue weighted by Gasteiger charge is -2.14. The van der Waals surface area contributed by atoms with Crippen LogP contribution < -0.4 is 4.74 Å². The van der Waals surface area contributed by atoms with Crippen LogP contribution in [0.25, 0.3) is 0 Å². The lowest BCUT2D eigenvalue weighted by molar-refractivity contribution is 0.0374. The maximum atomic E-state index is 12.1. The Labute approximate surface area is 143 Å². The number of thiol groups is 1. The molecule has 0 saturated carbocycles. The van der Waals surface area contributed by atoms with Crippen LogP contribution in [0, 0.1) is 6.92 Å². The molecule has 0 spiro atoms. The first-order chi connectivity index (χ1) is 11.0. The van der Waals surface area contributed by atoms with E-state index in [0.29, 0.717) is 11.4 Å². The number of carbonyl (C=O) groups excluding carboxylic acids is 1. The van der Waals surface area contributed by atoms with Gasteiger partial charge in [-0.25, -0.2) is 8.88 Å². The van der Waals surface area contributed by atoms with Crippen molar-refractivity contribution in [2.24, 2.45) is 0 Å². The summed E-state index contributed by atoms with van der Waals surface area (Å²) in [5, 5.41) is 4.02. The maximum Gasteiger partial charge on any atom is 0.338 e. The zero-order chi connectivity index (χ0) is 17.4. The van der Waals surface area contributed by atoms with E-state index in [2.05, 4.69) is 17.9 Å². The summed E-state index contributed by atoms with van der Waals surface area (Å²) in [5.41, 5.74) is 2.30. The van der Waals surface area contributed by atoms with E-state index < -0.39 is 0 Å². The van der Waals surface area contributed by atoms with Crippen LogP contribution in [0.2, 0.25) is 0 Å². The molecule has 5 nitrogen and oxygen atoms in total. The van der Waals surface area contributed by atoms with E-state index >= 15 is 0 Å². The highest BCUT2D eigenvalue weighted by Gasteiger charge is 2.16. The van der Waals surface area contributed by atoms with Gasteiger partial charge in [-0.3, -0.25) is 0 Å². The van der Waals surface area contributed by atoms with Crippen LogP contribution in [0.5, 0.6) is 5.88 Å². The number of aromatic nitrogens is 2. The first kappa shape index (κ1) is 19.1. The molecule has 126 valence electrons. The van der Waals surface area contributed by atoms with Crippen LogP contribution in [0.1, 0.15) is 49.2 Å². The van der Waals surface area contributed by atoms with Gasteiger partial charge in [-0.15, -0.1) is 5.10 Å². The third-order valence-electron chi connectivity index (χ3n) is 2.89. The van der Waals surface area contributed by atoms with Crippen molar-refractivity contribution >= 4 is 18.8 Å². The van der Waals surface area contributed by atoms with Gasteiger partial charge in [-0.05, 0) is 45.2 Å². The third kappa shape index (κ3) is 5.63. The predicted octanol–water partition coefficient (Wildman–Crippen LogP) is 4.05. The molecule has 1 aromatic heterocycles. The second-order valence-corrected chi connectivity index (χ2v) is 5.33. The lowest BCUT2D eigenvalue weighted by Crippen LogP contribution is -2.15. The summed E-state index contributed by atoms with van der Waals surface area (Å²) in [5.74, 6) is 0.114. The van der Waals surface area contributed by atoms with Crippen molar-refractivity contribution in [3.05, 3.63) is 47.2 Å². The number of benzene rings is 1. The fraction of sp³-hybridized carbons (Fsp3) is 0.412. The first-order valence-electron chi connectivity index (χ1n) is 7.64. The van der Waals surface area contributed by atoms with Crippen LogP contribution >= 0.6 is 12.8 Å². The van der Waals surface area contributed by atoms with Gasteiger partial charge in [-0.1, -0.05) is 26.0 Å². The number of hydrogen-bond acceptors (Lipinski definition) is 5. The number of carbonyl (C=O) groups is 1. The van der Waals surface area contributed by atoms with Gasteiger partial charge in [0.2, 0.25) is 5.88 Å². The first-order valence-corrected chi connectivity index (χ1v) is 8.04. The molecule has 0 N–H and O–H groups in total. The van der Waals surface area contributed by atoms with Crippen LogP contribution in [0.4, 0.5) is 0 Å². The van der Waals surface area contributed by atoms with Gasteiger partial charge in [0.1, 0.15) is 6.61 Å². The highest BCUT2D eigenvalue weighted by atomic mass is 32.1. The van der Waals surface area contributed by atoms with Gasteiger partial charge < -0.3 is 9.47 Å². The SMILES string of the molecule is CC.Cc1cccc(C(=O)OC(C)C)c1COc1ccn(S)n1. The quantitative estimate of drug-likeness (QED) is 0.661. The zero-order valence-electron chi connectivity index (χ0n) is 14.2. The Morgan fingerprint density at radius 2 is 2.00 bits per heavy atom. The van der Waals surface area contributed by atoms with Crippen molar-refractivity contribution in [2.45, 2.75) is 47.3 Å². The topological polar surface area (TPSA) is 53.4 Å². The van der Waals surface area contributed by atoms with E-state index in [1.54, 1.807) is 18.3 Å². The van der Waals surface area contributed by atoms with Gasteiger partial charge in [0.15, 0.2) is 0 Å². The molecular weight excluding hydrogens is 312 g/mol. The molecular formula is C17H24N2O3S. The number of aryl methyl sites for hydroxylation is 1. The molecule has 1 heterocycles. The Hall–Kier alpha value is -1.95. The highest BCUT2D eigenvalue weighted by Crippen LogP contribution is 2.19. The molecule has 0 unspecified atom stereocenters. The summed E-state index contributed by atoms with van der Waals surface area (Å²) in [6.45, 7) is 9.83. The second-order valence-electron chi connectivity index (χ2n) is 4.92. The molecule has 0 fully saturated rings. The maximum absolute atomic E-state index is 12.1. The van der Waals surface area contributed by atoms with Crippen molar-refractivity contribution in [1.29, 1.82) is 0 Å². The number of hydrogen-bond donors (Lipinski definition) is 1. The zero-order valence-corrected chi connectivity index (χ0v) is 15.1. The molecule has 0 aliphatic rings. The molecule has 6 heteroatoms. The molecule has 23 heavy (non-hydrogen) atoms. The largest absolute Gasteiger partial charge is 0.472 e. The van der Waals surface area contributed by atoms with Gasteiger partial charge in [0.05, 0.1) is 11.7 Å². The van der Waals surface area contributed by atoms with Crippen LogP contribution in [0.3, 0.4) is 0 Å². The fourth-order valence-electron chi connectivity index (χ4n) is 1.88. The van der Waals surface area contributed by atoms with E-state index in [4.69, 9.17) is 9.47 Å². The Morgan fingerprint density at radius 1 is 1.30 bits per heavy atom. The van der Waals surface area contributed by atoms with Crippen molar-refractivity contribution in [3.8, 4) is 5.88 Å². The van der Waals surface area contributed by atoms with E-state index in [1.165, 1.54) is 4.09 Å². The third-order valence-corrected chi connectivity index (χ3v) is 3.11. The molecule has 0 radical (unpaired) electrons. The molecule has 0 aliphatic heterocycles. The fourth-order valence-corrected chi connectivity index (χ4v) is 2.04. The molecule has 0 saturated heterocycles. The van der Waals surface area contributed by atoms with Crippen molar-refractivity contribution in [3.63, 3.8) is 0 Å². The van der Waals surface area contributed by atoms with E-state index in [9.17, 15) is 4.79 Å². The number of esters is 1. The molecule has 2 rings (SSSR count). The van der Waals surface area contributed by atoms with Crippen LogP contribution in [-0.4, -0.2) is 21.3 Å². The van der Waals surface area contributed by atoms with Crippen LogP contribution in [-0.2, 0) is 11.3 Å². The monoisotopic (exact) mass is 336 g/mol. The Balaban J connectivity index is 0.00000127. The smallest absolute Gasteiger partial charge is 0.338 e. The summed E-state index contributed by atoms with van der Waals surface area (Å²) in [4.78, 5) is 12.1. The highest BCUT2D eigenvalue weighted by molar-refractivity contribution is 7.78. The van der Waals surface area contributed by atoms with Gasteiger partial charge >= 0.3 is 5.97 Å². The summed E-state index contributed by atoms with van der Waals surface area (Å²) in [6, 6.07) is 7.21. The Morgan fingerprint density at radius 3 is 2.57 bits per heavy atom. The molecule has 1 aromatic carbocycles. The van der Waals surface area contributed by atoms with Crippen molar-refractivity contribution in [2.75, 3.05) is 0 Å². The van der Waals surface area contributed by atoms with Crippen molar-refractivity contribution < 1.29 is 14.3 Å². The molecule has 0 bridgehead atoms. The van der Waals surface area contributed by atoms with Gasteiger partial charge in [0, 0.05) is 17.8 Å². The van der Waals surface area contributed by atoms with Crippen molar-refractivity contribution in [1.82, 2.24) is 9.19 Å². The molecule has 0 atom stereocenters. The van der Waals surface area contributed by atoms with Gasteiger partial charge in [0.25, 0.3) is 0 Å². The summed E-state index contributed by atoms with van der Waals surface area (Å²) in [6.07, 6.45) is 1.51. The molecule has 0 aliphatic carbocycles. The van der Waals surface area contributed by atoms with Gasteiger partial charge in [-0.2, -0.15) is 0 Å². The Kier molecular flexibility index (Phi) is 7.68. The standard InChI is InChI=1S/C15H18N2O3S.C2H6/c1-10(2)20-15(18)12-6-4-5-11(3)13(12)9-19-14-7-8-17(21)16-14;1-2/h4-8,10,21H,9H2,1-3H3;1-2H3. The van der Waals surface area contributed by atoms with E-state index in [0.717, 1.165) is 11.1 Å². The predicted molar refractivity (Wildman–Crippen MR) is 94.0 cm³/mol.